The molecule has 1 N–H and O–H groups in total. The van der Waals surface area contributed by atoms with Gasteiger partial charge in [-0.3, -0.25) is 14.9 Å². The van der Waals surface area contributed by atoms with Crippen molar-refractivity contribution in [2.45, 2.75) is 6.92 Å². The first-order valence-electron chi connectivity index (χ1n) is 8.79. The van der Waals surface area contributed by atoms with E-state index in [1.165, 1.54) is 4.68 Å². The first-order valence-corrected chi connectivity index (χ1v) is 8.79. The van der Waals surface area contributed by atoms with Crippen LogP contribution in [0.1, 0.15) is 17.0 Å². The molecule has 2 aromatic heterocycles. The van der Waals surface area contributed by atoms with E-state index in [1.807, 2.05) is 80.7 Å². The van der Waals surface area contributed by atoms with Gasteiger partial charge in [-0.15, -0.1) is 0 Å². The van der Waals surface area contributed by atoms with Crippen LogP contribution in [0.15, 0.2) is 70.0 Å². The Morgan fingerprint density at radius 2 is 1.68 bits per heavy atom. The van der Waals surface area contributed by atoms with Crippen LogP contribution in [-0.4, -0.2) is 9.36 Å². The molecule has 0 saturated carbocycles. The van der Waals surface area contributed by atoms with Crippen LogP contribution in [-0.2, 0) is 7.05 Å². The third-order valence-electron chi connectivity index (χ3n) is 4.64. The summed E-state index contributed by atoms with van der Waals surface area (Å²) in [5, 5.41) is 12.0. The van der Waals surface area contributed by atoms with Gasteiger partial charge in [-0.1, -0.05) is 48.5 Å². The van der Waals surface area contributed by atoms with Crippen molar-refractivity contribution in [3.63, 3.8) is 0 Å². The predicted molar refractivity (Wildman–Crippen MR) is 104 cm³/mol. The summed E-state index contributed by atoms with van der Waals surface area (Å²) in [6.45, 7) is 1.84. The molecule has 0 aliphatic heterocycles. The van der Waals surface area contributed by atoms with Gasteiger partial charge in [-0.2, -0.15) is 4.68 Å². The number of nitrogens with one attached hydrogen (secondary N) is 1. The van der Waals surface area contributed by atoms with Gasteiger partial charge < -0.3 is 4.52 Å². The van der Waals surface area contributed by atoms with Crippen molar-refractivity contribution < 1.29 is 9.20 Å². The zero-order valence-electron chi connectivity index (χ0n) is 15.5. The van der Waals surface area contributed by atoms with Gasteiger partial charge in [0, 0.05) is 13.1 Å². The summed E-state index contributed by atoms with van der Waals surface area (Å²) in [6.07, 6.45) is 3.59. The predicted octanol–water partition coefficient (Wildman–Crippen LogP) is 1.96. The molecule has 0 aliphatic carbocycles. The van der Waals surface area contributed by atoms with Crippen molar-refractivity contribution in [1.82, 2.24) is 14.6 Å². The minimum Gasteiger partial charge on any atom is -0.486 e. The van der Waals surface area contributed by atoms with Crippen LogP contribution in [0.25, 0.3) is 23.5 Å². The van der Waals surface area contributed by atoms with Crippen LogP contribution in [0.2, 0.25) is 0 Å². The van der Waals surface area contributed by atoms with E-state index >= 15 is 0 Å². The molecule has 0 radical (unpaired) electrons. The smallest absolute Gasteiger partial charge is 0.343 e. The number of rotatable bonds is 4. The lowest BCUT2D eigenvalue weighted by atomic mass is 10.2. The fourth-order valence-corrected chi connectivity index (χ4v) is 3.11. The lowest BCUT2D eigenvalue weighted by molar-refractivity contribution is -0.679. The van der Waals surface area contributed by atoms with Crippen LogP contribution < -0.4 is 21.1 Å². The molecule has 140 valence electrons. The van der Waals surface area contributed by atoms with E-state index in [4.69, 9.17) is 9.93 Å². The highest BCUT2D eigenvalue weighted by atomic mass is 16.5. The summed E-state index contributed by atoms with van der Waals surface area (Å²) in [5.74, 6) is 0. The van der Waals surface area contributed by atoms with Crippen molar-refractivity contribution in [3.05, 3.63) is 93.5 Å². The average Bonchev–Trinajstić information content (AvgIpc) is 3.18. The Morgan fingerprint density at radius 3 is 2.36 bits per heavy atom. The number of aromatic nitrogens is 4. The molecule has 7 nitrogen and oxygen atoms in total. The quantitative estimate of drug-likeness (QED) is 0.555. The van der Waals surface area contributed by atoms with Crippen molar-refractivity contribution in [3.8, 4) is 11.4 Å². The van der Waals surface area contributed by atoms with Crippen LogP contribution in [0.3, 0.4) is 0 Å². The second-order valence-corrected chi connectivity index (χ2v) is 6.35. The molecule has 4 aromatic rings. The summed E-state index contributed by atoms with van der Waals surface area (Å²) >= 11 is 0. The zero-order chi connectivity index (χ0) is 19.7. The van der Waals surface area contributed by atoms with Crippen molar-refractivity contribution in [2.75, 3.05) is 0 Å². The minimum absolute atomic E-state index is 0.110. The lowest BCUT2D eigenvalue weighted by Crippen LogP contribution is -2.43. The van der Waals surface area contributed by atoms with Crippen LogP contribution in [0, 0.1) is 12.3 Å². The third-order valence-corrected chi connectivity index (χ3v) is 4.64. The van der Waals surface area contributed by atoms with E-state index in [2.05, 4.69) is 5.27 Å². The fourth-order valence-electron chi connectivity index (χ4n) is 3.11. The van der Waals surface area contributed by atoms with E-state index in [9.17, 15) is 4.79 Å². The highest BCUT2D eigenvalue weighted by Gasteiger charge is 2.25. The topological polar surface area (TPSA) is 81.9 Å². The number of hydrogen-bond donors (Lipinski definition) is 1. The van der Waals surface area contributed by atoms with Gasteiger partial charge >= 0.3 is 5.56 Å². The molecule has 0 fully saturated rings. The van der Waals surface area contributed by atoms with Gasteiger partial charge in [0.15, 0.2) is 0 Å². The molecular weight excluding hydrogens is 354 g/mol. The number of para-hydroxylation sites is 1. The summed E-state index contributed by atoms with van der Waals surface area (Å²) in [4.78, 5) is 13.2. The average molecular weight is 373 g/mol. The maximum atomic E-state index is 13.2. The van der Waals surface area contributed by atoms with Gasteiger partial charge in [-0.05, 0) is 30.7 Å². The first kappa shape index (κ1) is 17.5. The van der Waals surface area contributed by atoms with Crippen LogP contribution in [0.5, 0.6) is 0 Å². The second-order valence-electron chi connectivity index (χ2n) is 6.35. The van der Waals surface area contributed by atoms with Gasteiger partial charge in [0.1, 0.15) is 5.69 Å². The summed E-state index contributed by atoms with van der Waals surface area (Å²) in [6, 6.07) is 19.1. The van der Waals surface area contributed by atoms with E-state index in [0.29, 0.717) is 17.1 Å². The molecule has 2 heterocycles. The maximum Gasteiger partial charge on any atom is 0.343 e. The summed E-state index contributed by atoms with van der Waals surface area (Å²) < 4.78 is 9.80. The van der Waals surface area contributed by atoms with Crippen LogP contribution in [0.4, 0.5) is 0 Å². The Morgan fingerprint density at radius 1 is 1.04 bits per heavy atom. The molecule has 0 atom stereocenters. The largest absolute Gasteiger partial charge is 0.486 e. The molecule has 7 heteroatoms. The molecule has 0 bridgehead atoms. The Kier molecular flexibility index (Phi) is 4.41. The van der Waals surface area contributed by atoms with Gasteiger partial charge in [0.2, 0.25) is 0 Å². The highest BCUT2D eigenvalue weighted by Crippen LogP contribution is 2.10. The Bertz CT molecular complexity index is 1260. The molecule has 0 spiro atoms. The summed E-state index contributed by atoms with van der Waals surface area (Å²) in [5.41, 5.74) is 2.83. The molecule has 4 rings (SSSR count). The third kappa shape index (κ3) is 2.92. The second kappa shape index (κ2) is 7.03. The molecule has 0 saturated heterocycles. The molecule has 0 unspecified atom stereocenters. The van der Waals surface area contributed by atoms with Crippen molar-refractivity contribution >= 4 is 12.2 Å². The Balaban J connectivity index is 1.87. The number of hydrogen-bond acceptors (Lipinski definition) is 3. The van der Waals surface area contributed by atoms with E-state index in [-0.39, 0.29) is 11.1 Å². The number of benzene rings is 2. The van der Waals surface area contributed by atoms with Crippen molar-refractivity contribution in [2.24, 2.45) is 7.05 Å². The number of nitrogens with zero attached hydrogens (tertiary/aromatic N) is 4. The molecule has 2 aromatic carbocycles. The summed E-state index contributed by atoms with van der Waals surface area (Å²) in [7, 11) is 1.81. The van der Waals surface area contributed by atoms with E-state index in [1.54, 1.807) is 15.4 Å². The molecule has 0 amide bonds. The SMILES string of the molecule is Cc1c(-[n+]2[n-]oc(=N)c2C=Cc2ccccc2)c(=O)n(-c2ccccc2)n1C. The Labute approximate surface area is 160 Å². The molecule has 0 aliphatic rings. The highest BCUT2D eigenvalue weighted by molar-refractivity contribution is 5.66. The van der Waals surface area contributed by atoms with Gasteiger partial charge in [0.05, 0.1) is 5.69 Å². The van der Waals surface area contributed by atoms with Gasteiger partial charge in [0.25, 0.3) is 16.9 Å². The molecular formula is C21H19N5O2. The van der Waals surface area contributed by atoms with Crippen molar-refractivity contribution in [1.29, 1.82) is 5.41 Å². The van der Waals surface area contributed by atoms with E-state index < -0.39 is 0 Å². The zero-order valence-corrected chi connectivity index (χ0v) is 15.5. The monoisotopic (exact) mass is 373 g/mol. The fraction of sp³-hybridized carbons (Fsp3) is 0.0952. The maximum absolute atomic E-state index is 13.2. The molecule has 28 heavy (non-hydrogen) atoms. The Hall–Kier alpha value is -3.87. The lowest BCUT2D eigenvalue weighted by Gasteiger charge is -2.06. The van der Waals surface area contributed by atoms with Crippen LogP contribution >= 0.6 is 0 Å². The standard InChI is InChI=1S/C21H19N5O2/c1-15-19(21(27)26(24(15)2)17-11-7-4-8-12-17)25-18(20(22)28-23-25)14-13-16-9-5-3-6-10-16/h3-14,22H,1-2H3. The minimum atomic E-state index is -0.237. The first-order chi connectivity index (χ1) is 13.6. The van der Waals surface area contributed by atoms with E-state index in [0.717, 1.165) is 11.3 Å². The van der Waals surface area contributed by atoms with Gasteiger partial charge in [-0.25, -0.2) is 9.95 Å². The normalized spacial score (nSPS) is 11.4.